The molecule has 1 aromatic rings. The summed E-state index contributed by atoms with van der Waals surface area (Å²) in [5, 5.41) is 8.24. The van der Waals surface area contributed by atoms with E-state index in [-0.39, 0.29) is 0 Å². The maximum Gasteiger partial charge on any atom is 0.174 e. The predicted octanol–water partition coefficient (Wildman–Crippen LogP) is 1.52. The molecule has 1 aromatic heterocycles. The topological polar surface area (TPSA) is 55.0 Å². The summed E-state index contributed by atoms with van der Waals surface area (Å²) in [4.78, 5) is 2.40. The van der Waals surface area contributed by atoms with E-state index in [1.807, 2.05) is 6.07 Å². The van der Waals surface area contributed by atoms with Gasteiger partial charge in [-0.2, -0.15) is 5.10 Å². The normalized spacial score (nSPS) is 22.1. The smallest absolute Gasteiger partial charge is 0.174 e. The van der Waals surface area contributed by atoms with Gasteiger partial charge in [0.05, 0.1) is 11.4 Å². The van der Waals surface area contributed by atoms with Gasteiger partial charge in [-0.25, -0.2) is 0 Å². The van der Waals surface area contributed by atoms with Gasteiger partial charge >= 0.3 is 0 Å². The minimum absolute atomic E-state index is 0.295. The van der Waals surface area contributed by atoms with Gasteiger partial charge in [-0.1, -0.05) is 18.5 Å². The molecule has 5 heteroatoms. The van der Waals surface area contributed by atoms with Gasteiger partial charge in [-0.05, 0) is 25.6 Å². The third-order valence-electron chi connectivity index (χ3n) is 2.93. The average Bonchev–Trinajstić information content (AvgIpc) is 2.70. The number of likely N-dealkylation sites (N-methyl/N-ethyl adjacent to an activating group) is 1. The quantitative estimate of drug-likeness (QED) is 0.831. The Hall–Kier alpha value is -0.870. The Bertz CT molecular complexity index is 355. The molecule has 0 spiro atoms. The van der Waals surface area contributed by atoms with E-state index in [4.69, 9.17) is 17.3 Å². The van der Waals surface area contributed by atoms with Crippen molar-refractivity contribution in [3.63, 3.8) is 0 Å². The van der Waals surface area contributed by atoms with E-state index in [1.54, 1.807) is 0 Å². The average molecular weight is 227 g/mol. The highest BCUT2D eigenvalue weighted by atomic mass is 35.5. The van der Waals surface area contributed by atoms with E-state index in [1.165, 1.54) is 0 Å². The van der Waals surface area contributed by atoms with Crippen LogP contribution in [0.2, 0.25) is 5.15 Å². The van der Waals surface area contributed by atoms with Crippen molar-refractivity contribution in [1.29, 1.82) is 0 Å². The minimum atomic E-state index is 0.295. The number of hydrogen-bond donors (Lipinski definition) is 1. The number of rotatable bonds is 2. The van der Waals surface area contributed by atoms with Gasteiger partial charge in [0.1, 0.15) is 0 Å². The van der Waals surface area contributed by atoms with Gasteiger partial charge in [-0.3, -0.25) is 0 Å². The molecule has 1 saturated heterocycles. The molecule has 0 saturated carbocycles. The zero-order chi connectivity index (χ0) is 10.8. The Kier molecular flexibility index (Phi) is 3.07. The molecule has 0 amide bonds. The molecule has 0 aliphatic carbocycles. The van der Waals surface area contributed by atoms with E-state index in [0.717, 1.165) is 31.7 Å². The van der Waals surface area contributed by atoms with Crippen LogP contribution >= 0.6 is 11.6 Å². The van der Waals surface area contributed by atoms with Gasteiger partial charge in [-0.15, -0.1) is 5.10 Å². The summed E-state index contributed by atoms with van der Waals surface area (Å²) in [7, 11) is 0. The van der Waals surface area contributed by atoms with Crippen molar-refractivity contribution in [2.45, 2.75) is 19.3 Å². The first kappa shape index (κ1) is 10.6. The molecule has 1 fully saturated rings. The van der Waals surface area contributed by atoms with E-state index >= 15 is 0 Å². The van der Waals surface area contributed by atoms with Gasteiger partial charge in [0.2, 0.25) is 0 Å². The first-order valence-corrected chi connectivity index (χ1v) is 5.59. The molecule has 0 aromatic carbocycles. The van der Waals surface area contributed by atoms with Crippen molar-refractivity contribution >= 4 is 17.3 Å². The molecule has 0 radical (unpaired) electrons. The summed E-state index contributed by atoms with van der Waals surface area (Å²) in [6, 6.07) is 1.85. The highest BCUT2D eigenvalue weighted by Crippen LogP contribution is 2.27. The number of nitrogen functional groups attached to an aromatic ring is 1. The second kappa shape index (κ2) is 4.33. The summed E-state index contributed by atoms with van der Waals surface area (Å²) >= 11 is 5.73. The number of nitrogens with two attached hydrogens (primary N) is 1. The highest BCUT2D eigenvalue weighted by molar-refractivity contribution is 6.31. The van der Waals surface area contributed by atoms with Crippen molar-refractivity contribution in [3.8, 4) is 0 Å². The molecule has 2 N–H and O–H groups in total. The lowest BCUT2D eigenvalue weighted by Crippen LogP contribution is -2.19. The van der Waals surface area contributed by atoms with E-state index in [2.05, 4.69) is 22.0 Å². The lowest BCUT2D eigenvalue weighted by atomic mass is 10.0. The van der Waals surface area contributed by atoms with Crippen molar-refractivity contribution in [2.75, 3.05) is 25.4 Å². The van der Waals surface area contributed by atoms with E-state index < -0.39 is 0 Å². The molecular weight excluding hydrogens is 212 g/mol. The van der Waals surface area contributed by atoms with E-state index in [9.17, 15) is 0 Å². The van der Waals surface area contributed by atoms with Gasteiger partial charge in [0.25, 0.3) is 0 Å². The fourth-order valence-corrected chi connectivity index (χ4v) is 2.06. The number of likely N-dealkylation sites (tertiary alicyclic amines) is 1. The minimum Gasteiger partial charge on any atom is -0.396 e. The van der Waals surface area contributed by atoms with Crippen molar-refractivity contribution in [3.05, 3.63) is 16.9 Å². The van der Waals surface area contributed by atoms with E-state index in [0.29, 0.717) is 16.8 Å². The van der Waals surface area contributed by atoms with Crippen molar-refractivity contribution in [1.82, 2.24) is 15.1 Å². The fourth-order valence-electron chi connectivity index (χ4n) is 1.97. The zero-order valence-electron chi connectivity index (χ0n) is 8.78. The van der Waals surface area contributed by atoms with Crippen molar-refractivity contribution in [2.24, 2.45) is 0 Å². The first-order chi connectivity index (χ1) is 7.20. The van der Waals surface area contributed by atoms with Crippen molar-refractivity contribution < 1.29 is 0 Å². The Balaban J connectivity index is 2.13. The molecule has 15 heavy (non-hydrogen) atoms. The van der Waals surface area contributed by atoms with Crippen LogP contribution in [0.25, 0.3) is 0 Å². The van der Waals surface area contributed by atoms with Crippen LogP contribution in [0.1, 0.15) is 25.0 Å². The zero-order valence-corrected chi connectivity index (χ0v) is 9.54. The molecule has 4 nitrogen and oxygen atoms in total. The summed E-state index contributed by atoms with van der Waals surface area (Å²) in [6.07, 6.45) is 1.13. The number of nitrogens with zero attached hydrogens (tertiary/aromatic N) is 3. The van der Waals surface area contributed by atoms with Crippen LogP contribution in [-0.2, 0) is 0 Å². The number of anilines is 1. The molecule has 1 aliphatic heterocycles. The molecular formula is C10H15ClN4. The molecule has 82 valence electrons. The van der Waals surface area contributed by atoms with Gasteiger partial charge in [0, 0.05) is 12.5 Å². The maximum atomic E-state index is 5.73. The van der Waals surface area contributed by atoms with Crippen LogP contribution in [0.15, 0.2) is 6.07 Å². The Labute approximate surface area is 94.4 Å². The molecule has 1 aliphatic rings. The fraction of sp³-hybridized carbons (Fsp3) is 0.600. The molecule has 0 bridgehead atoms. The number of halogens is 1. The molecule has 1 unspecified atom stereocenters. The monoisotopic (exact) mass is 226 g/mol. The van der Waals surface area contributed by atoms with Crippen LogP contribution in [0.5, 0.6) is 0 Å². The van der Waals surface area contributed by atoms with Gasteiger partial charge in [0.15, 0.2) is 5.15 Å². The summed E-state index contributed by atoms with van der Waals surface area (Å²) < 4.78 is 0. The van der Waals surface area contributed by atoms with Crippen LogP contribution in [0.4, 0.5) is 5.69 Å². The molecule has 2 rings (SSSR count). The third kappa shape index (κ3) is 2.21. The predicted molar refractivity (Wildman–Crippen MR) is 60.9 cm³/mol. The molecule has 1 atom stereocenters. The van der Waals surface area contributed by atoms with Gasteiger partial charge < -0.3 is 10.6 Å². The number of aromatic nitrogens is 2. The van der Waals surface area contributed by atoms with Crippen LogP contribution < -0.4 is 5.73 Å². The second-order valence-electron chi connectivity index (χ2n) is 3.89. The standard InChI is InChI=1S/C10H15ClN4/c1-2-15-4-3-7(6-15)9-5-8(12)10(11)14-13-9/h5,7H,2-4,6H2,1H3,(H2,12,13). The lowest BCUT2D eigenvalue weighted by molar-refractivity contribution is 0.353. The van der Waals surface area contributed by atoms with Crippen LogP contribution in [0.3, 0.4) is 0 Å². The summed E-state index contributed by atoms with van der Waals surface area (Å²) in [5.74, 6) is 0.456. The largest absolute Gasteiger partial charge is 0.396 e. The number of hydrogen-bond acceptors (Lipinski definition) is 4. The third-order valence-corrected chi connectivity index (χ3v) is 3.23. The first-order valence-electron chi connectivity index (χ1n) is 5.21. The summed E-state index contributed by atoms with van der Waals surface area (Å²) in [5.41, 5.74) is 7.20. The Morgan fingerprint density at radius 1 is 1.60 bits per heavy atom. The van der Waals surface area contributed by atoms with Crippen LogP contribution in [0, 0.1) is 0 Å². The lowest BCUT2D eigenvalue weighted by Gasteiger charge is -2.12. The SMILES string of the molecule is CCN1CCC(c2cc(N)c(Cl)nn2)C1. The second-order valence-corrected chi connectivity index (χ2v) is 4.25. The maximum absolute atomic E-state index is 5.73. The Morgan fingerprint density at radius 2 is 2.40 bits per heavy atom. The highest BCUT2D eigenvalue weighted by Gasteiger charge is 2.24. The van der Waals surface area contributed by atoms with Crippen LogP contribution in [-0.4, -0.2) is 34.7 Å². The Morgan fingerprint density at radius 3 is 3.00 bits per heavy atom. The molecule has 2 heterocycles. The summed E-state index contributed by atoms with van der Waals surface area (Å²) in [6.45, 7) is 5.44.